The van der Waals surface area contributed by atoms with Crippen LogP contribution in [-0.4, -0.2) is 35.8 Å². The Hall–Kier alpha value is -4.64. The predicted octanol–water partition coefficient (Wildman–Crippen LogP) is 4.39. The van der Waals surface area contributed by atoms with Crippen LogP contribution in [0.2, 0.25) is 0 Å². The Kier molecular flexibility index (Phi) is 8.20. The summed E-state index contributed by atoms with van der Waals surface area (Å²) in [6.07, 6.45) is -1.29. The van der Waals surface area contributed by atoms with Gasteiger partial charge >= 0.3 is 5.97 Å². The molecule has 0 bridgehead atoms. The molecule has 1 atom stereocenters. The number of amides is 1. The van der Waals surface area contributed by atoms with Crippen molar-refractivity contribution in [1.29, 1.82) is 0 Å². The molecule has 214 valence electrons. The fourth-order valence-corrected chi connectivity index (χ4v) is 6.29. The van der Waals surface area contributed by atoms with Crippen LogP contribution >= 0.6 is 0 Å². The van der Waals surface area contributed by atoms with E-state index in [0.29, 0.717) is 22.5 Å². The number of ether oxygens (including phenoxy) is 1. The average Bonchev–Trinajstić information content (AvgIpc) is 3.11. The predicted molar refractivity (Wildman–Crippen MR) is 157 cm³/mol. The number of nitrogens with one attached hydrogen (secondary N) is 2. The number of aromatic nitrogens is 2. The number of anilines is 2. The topological polar surface area (TPSA) is 128 Å². The summed E-state index contributed by atoms with van der Waals surface area (Å²) < 4.78 is 37.5. The van der Waals surface area contributed by atoms with Crippen LogP contribution in [0.25, 0.3) is 5.69 Å². The van der Waals surface area contributed by atoms with E-state index in [1.165, 1.54) is 23.7 Å². The van der Waals surface area contributed by atoms with Gasteiger partial charge in [0.1, 0.15) is 5.69 Å². The number of sulfonamides is 1. The number of carbonyl (C=O) groups is 2. The molecule has 1 heterocycles. The van der Waals surface area contributed by atoms with Crippen molar-refractivity contribution in [2.24, 2.45) is 7.05 Å². The number of aryl methyl sites for hydroxylation is 3. The Labute approximate surface area is 238 Å². The number of hydrogen-bond acceptors (Lipinski definition) is 6. The van der Waals surface area contributed by atoms with Gasteiger partial charge in [-0.05, 0) is 70.0 Å². The minimum Gasteiger partial charge on any atom is -0.449 e. The smallest absolute Gasteiger partial charge is 0.341 e. The summed E-state index contributed by atoms with van der Waals surface area (Å²) in [4.78, 5) is 39.3. The number of nitrogens with zero attached hydrogens (tertiary/aromatic N) is 2. The molecular formula is C30H32N4O6S. The van der Waals surface area contributed by atoms with Gasteiger partial charge in [0.15, 0.2) is 6.10 Å². The van der Waals surface area contributed by atoms with E-state index in [2.05, 4.69) is 10.0 Å². The number of hydrogen-bond donors (Lipinski definition) is 2. The SMILES string of the molecule is Cc1cc(C)c(S(=O)(=O)Nc2ccccc2C(=O)OC(C)C(=O)Nc2c(C)n(C)n(-c3ccccc3)c2=O)c(C)c1. The molecule has 1 unspecified atom stereocenters. The van der Waals surface area contributed by atoms with Crippen LogP contribution in [0.5, 0.6) is 0 Å². The first-order valence-electron chi connectivity index (χ1n) is 12.9. The Morgan fingerprint density at radius 3 is 2.12 bits per heavy atom. The van der Waals surface area contributed by atoms with E-state index in [1.54, 1.807) is 81.0 Å². The largest absolute Gasteiger partial charge is 0.449 e. The first-order valence-corrected chi connectivity index (χ1v) is 14.4. The first kappa shape index (κ1) is 29.3. The fourth-order valence-electron chi connectivity index (χ4n) is 4.75. The van der Waals surface area contributed by atoms with Crippen LogP contribution in [0, 0.1) is 27.7 Å². The Balaban J connectivity index is 1.53. The zero-order valence-corrected chi connectivity index (χ0v) is 24.5. The molecule has 10 nitrogen and oxygen atoms in total. The van der Waals surface area contributed by atoms with Gasteiger partial charge in [0.25, 0.3) is 21.5 Å². The Morgan fingerprint density at radius 2 is 1.49 bits per heavy atom. The van der Waals surface area contributed by atoms with Crippen molar-refractivity contribution in [2.45, 2.75) is 45.6 Å². The van der Waals surface area contributed by atoms with E-state index in [9.17, 15) is 22.8 Å². The van der Waals surface area contributed by atoms with E-state index >= 15 is 0 Å². The molecule has 4 rings (SSSR count). The van der Waals surface area contributed by atoms with Crippen LogP contribution in [0.15, 0.2) is 76.4 Å². The molecule has 0 spiro atoms. The lowest BCUT2D eigenvalue weighted by Crippen LogP contribution is -2.32. The summed E-state index contributed by atoms with van der Waals surface area (Å²) in [5.41, 5.74) is 2.76. The summed E-state index contributed by atoms with van der Waals surface area (Å²) in [6.45, 7) is 8.35. The second kappa shape index (κ2) is 11.5. The van der Waals surface area contributed by atoms with Gasteiger partial charge in [0.05, 0.1) is 27.5 Å². The van der Waals surface area contributed by atoms with Crippen molar-refractivity contribution >= 4 is 33.3 Å². The molecule has 0 aliphatic rings. The van der Waals surface area contributed by atoms with Crippen LogP contribution in [0.3, 0.4) is 0 Å². The third kappa shape index (κ3) is 5.94. The Morgan fingerprint density at radius 1 is 0.902 bits per heavy atom. The van der Waals surface area contributed by atoms with Crippen LogP contribution in [0.1, 0.15) is 39.7 Å². The molecule has 1 amide bonds. The molecule has 11 heteroatoms. The monoisotopic (exact) mass is 576 g/mol. The Bertz CT molecular complexity index is 1780. The standard InChI is InChI=1S/C30H32N4O6S/c1-18-16-19(2)27(20(3)17-18)41(38,39)32-25-15-11-10-14-24(25)30(37)40-22(5)28(35)31-26-21(4)33(6)34(29(26)36)23-12-8-7-9-13-23/h7-17,22,32H,1-6H3,(H,31,35). The number of rotatable bonds is 8. The molecular weight excluding hydrogens is 544 g/mol. The molecule has 0 fully saturated rings. The highest BCUT2D eigenvalue weighted by atomic mass is 32.2. The van der Waals surface area contributed by atoms with Crippen molar-refractivity contribution in [3.05, 3.63) is 105 Å². The highest BCUT2D eigenvalue weighted by Gasteiger charge is 2.26. The number of para-hydroxylation sites is 2. The van der Waals surface area contributed by atoms with E-state index < -0.39 is 33.6 Å². The summed E-state index contributed by atoms with van der Waals surface area (Å²) in [7, 11) is -2.35. The number of carbonyl (C=O) groups excluding carboxylic acids is 2. The van der Waals surface area contributed by atoms with E-state index in [1.807, 2.05) is 13.0 Å². The van der Waals surface area contributed by atoms with Crippen LogP contribution in [-0.2, 0) is 26.6 Å². The zero-order chi connectivity index (χ0) is 30.1. The maximum absolute atomic E-state index is 13.3. The number of esters is 1. The van der Waals surface area contributed by atoms with Crippen molar-refractivity contribution in [3.63, 3.8) is 0 Å². The third-order valence-electron chi connectivity index (χ3n) is 6.72. The van der Waals surface area contributed by atoms with Gasteiger partial charge in [-0.15, -0.1) is 0 Å². The van der Waals surface area contributed by atoms with Crippen molar-refractivity contribution in [2.75, 3.05) is 10.0 Å². The second-order valence-corrected chi connectivity index (χ2v) is 11.5. The van der Waals surface area contributed by atoms with Gasteiger partial charge in [-0.25, -0.2) is 17.9 Å². The molecule has 0 saturated heterocycles. The van der Waals surface area contributed by atoms with E-state index in [0.717, 1.165) is 5.56 Å². The summed E-state index contributed by atoms with van der Waals surface area (Å²) in [5.74, 6) is -1.62. The fraction of sp³-hybridized carbons (Fsp3) is 0.233. The van der Waals surface area contributed by atoms with Gasteiger partial charge < -0.3 is 10.1 Å². The summed E-state index contributed by atoms with van der Waals surface area (Å²) >= 11 is 0. The maximum Gasteiger partial charge on any atom is 0.341 e. The molecule has 3 aromatic carbocycles. The lowest BCUT2D eigenvalue weighted by molar-refractivity contribution is -0.123. The van der Waals surface area contributed by atoms with Crippen molar-refractivity contribution in [3.8, 4) is 5.69 Å². The minimum absolute atomic E-state index is 0.00846. The molecule has 0 saturated carbocycles. The van der Waals surface area contributed by atoms with Gasteiger partial charge in [0, 0.05) is 7.05 Å². The third-order valence-corrected chi connectivity index (χ3v) is 8.39. The normalized spacial score (nSPS) is 12.0. The average molecular weight is 577 g/mol. The molecule has 4 aromatic rings. The lowest BCUT2D eigenvalue weighted by Gasteiger charge is -2.17. The molecule has 0 aliphatic carbocycles. The molecule has 2 N–H and O–H groups in total. The van der Waals surface area contributed by atoms with Gasteiger partial charge in [-0.2, -0.15) is 0 Å². The molecule has 41 heavy (non-hydrogen) atoms. The van der Waals surface area contributed by atoms with E-state index in [4.69, 9.17) is 4.74 Å². The molecule has 0 radical (unpaired) electrons. The van der Waals surface area contributed by atoms with Gasteiger partial charge in [0.2, 0.25) is 0 Å². The van der Waals surface area contributed by atoms with Gasteiger partial charge in [-0.3, -0.25) is 19.0 Å². The lowest BCUT2D eigenvalue weighted by atomic mass is 10.1. The molecule has 0 aliphatic heterocycles. The second-order valence-electron chi connectivity index (χ2n) is 9.85. The highest BCUT2D eigenvalue weighted by molar-refractivity contribution is 7.92. The zero-order valence-electron chi connectivity index (χ0n) is 23.7. The van der Waals surface area contributed by atoms with E-state index in [-0.39, 0.29) is 21.8 Å². The highest BCUT2D eigenvalue weighted by Crippen LogP contribution is 2.26. The number of benzene rings is 3. The summed E-state index contributed by atoms with van der Waals surface area (Å²) in [6, 6.07) is 18.5. The minimum atomic E-state index is -4.04. The van der Waals surface area contributed by atoms with Crippen LogP contribution in [0.4, 0.5) is 11.4 Å². The van der Waals surface area contributed by atoms with Crippen molar-refractivity contribution in [1.82, 2.24) is 9.36 Å². The maximum atomic E-state index is 13.3. The molecule has 1 aromatic heterocycles. The summed E-state index contributed by atoms with van der Waals surface area (Å²) in [5, 5.41) is 2.58. The van der Waals surface area contributed by atoms with Crippen molar-refractivity contribution < 1.29 is 22.7 Å². The quantitative estimate of drug-likeness (QED) is 0.299. The van der Waals surface area contributed by atoms with Gasteiger partial charge in [-0.1, -0.05) is 48.0 Å². The van der Waals surface area contributed by atoms with Crippen LogP contribution < -0.4 is 15.6 Å². The first-order chi connectivity index (χ1) is 19.3.